The molecule has 9 nitrogen and oxygen atoms in total. The third-order valence-corrected chi connectivity index (χ3v) is 8.38. The standard InChI is InChI=1S/C29H38N6O3/c1-17-12-25(18(2)11-24(17)27(30)36)29(38)33-21-13-22-7-8-23(14-21)35(22)26-9-6-19(15-31-26)28(37)32-20-5-4-10-34(3)16-20/h6,9,11-12,15,20-23H,4-5,7-8,10,13-14,16H2,1-3H3,(H2,30,36)(H,32,37)(H,33,38)/t20-,21-,22+,23-/m1/s1. The molecule has 0 unspecified atom stereocenters. The third-order valence-electron chi connectivity index (χ3n) is 8.38. The van der Waals surface area contributed by atoms with Gasteiger partial charge in [-0.15, -0.1) is 0 Å². The zero-order valence-electron chi connectivity index (χ0n) is 22.5. The number of carbonyl (C=O) groups excluding carboxylic acids is 3. The second-order valence-corrected chi connectivity index (χ2v) is 11.3. The van der Waals surface area contributed by atoms with Gasteiger partial charge in [-0.1, -0.05) is 0 Å². The van der Waals surface area contributed by atoms with E-state index >= 15 is 0 Å². The Bertz CT molecular complexity index is 1220. The highest BCUT2D eigenvalue weighted by atomic mass is 16.2. The fraction of sp³-hybridized carbons (Fsp3) is 0.517. The number of hydrogen-bond donors (Lipinski definition) is 3. The molecule has 5 rings (SSSR count). The lowest BCUT2D eigenvalue weighted by Gasteiger charge is -2.40. The van der Waals surface area contributed by atoms with Crippen molar-refractivity contribution in [1.82, 2.24) is 20.5 Å². The molecule has 0 radical (unpaired) electrons. The summed E-state index contributed by atoms with van der Waals surface area (Å²) in [5.74, 6) is 0.228. The molecule has 4 heterocycles. The monoisotopic (exact) mass is 518 g/mol. The Labute approximate surface area is 224 Å². The zero-order chi connectivity index (χ0) is 27.0. The highest BCUT2D eigenvalue weighted by Crippen LogP contribution is 2.38. The lowest BCUT2D eigenvalue weighted by molar-refractivity contribution is 0.0908. The van der Waals surface area contributed by atoms with E-state index in [1.807, 2.05) is 19.1 Å². The van der Waals surface area contributed by atoms with Crippen LogP contribution in [0.25, 0.3) is 0 Å². The van der Waals surface area contributed by atoms with Crippen LogP contribution in [-0.4, -0.2) is 71.9 Å². The van der Waals surface area contributed by atoms with E-state index in [-0.39, 0.29) is 23.9 Å². The van der Waals surface area contributed by atoms with Crippen molar-refractivity contribution in [1.29, 1.82) is 0 Å². The fourth-order valence-electron chi connectivity index (χ4n) is 6.48. The number of likely N-dealkylation sites (tertiary alicyclic amines) is 1. The highest BCUT2D eigenvalue weighted by molar-refractivity contribution is 5.99. The van der Waals surface area contributed by atoms with E-state index in [0.717, 1.165) is 63.0 Å². The summed E-state index contributed by atoms with van der Waals surface area (Å²) in [4.78, 5) is 46.8. The quantitative estimate of drug-likeness (QED) is 0.541. The van der Waals surface area contributed by atoms with E-state index in [9.17, 15) is 14.4 Å². The van der Waals surface area contributed by atoms with Crippen LogP contribution in [0.4, 0.5) is 5.82 Å². The number of likely N-dealkylation sites (N-methyl/N-ethyl adjacent to an activating group) is 1. The smallest absolute Gasteiger partial charge is 0.253 e. The molecule has 3 amide bonds. The molecule has 0 aliphatic carbocycles. The fourth-order valence-corrected chi connectivity index (χ4v) is 6.48. The van der Waals surface area contributed by atoms with Crippen LogP contribution in [0.1, 0.15) is 80.7 Å². The summed E-state index contributed by atoms with van der Waals surface area (Å²) in [6, 6.07) is 8.13. The molecule has 1 aromatic heterocycles. The molecular formula is C29H38N6O3. The molecule has 3 fully saturated rings. The number of pyridine rings is 1. The van der Waals surface area contributed by atoms with Crippen molar-refractivity contribution >= 4 is 23.5 Å². The Morgan fingerprint density at radius 2 is 1.58 bits per heavy atom. The van der Waals surface area contributed by atoms with Crippen molar-refractivity contribution in [2.75, 3.05) is 25.0 Å². The number of nitrogens with one attached hydrogen (secondary N) is 2. The van der Waals surface area contributed by atoms with Crippen molar-refractivity contribution in [3.8, 4) is 0 Å². The van der Waals surface area contributed by atoms with Gasteiger partial charge in [-0.05, 0) is 101 Å². The van der Waals surface area contributed by atoms with Crippen molar-refractivity contribution in [2.24, 2.45) is 5.73 Å². The first-order valence-corrected chi connectivity index (χ1v) is 13.6. The number of hydrogen-bond acceptors (Lipinski definition) is 6. The number of fused-ring (bicyclic) bond motifs is 2. The van der Waals surface area contributed by atoms with Gasteiger partial charge in [-0.3, -0.25) is 14.4 Å². The Balaban J connectivity index is 1.20. The summed E-state index contributed by atoms with van der Waals surface area (Å²) in [7, 11) is 2.09. The maximum absolute atomic E-state index is 13.1. The molecule has 2 bridgehead atoms. The molecule has 38 heavy (non-hydrogen) atoms. The predicted octanol–water partition coefficient (Wildman–Crippen LogP) is 2.55. The number of nitrogens with zero attached hydrogens (tertiary/aromatic N) is 3. The van der Waals surface area contributed by atoms with Gasteiger partial charge in [-0.25, -0.2) is 4.98 Å². The first kappa shape index (κ1) is 26.2. The van der Waals surface area contributed by atoms with E-state index < -0.39 is 5.91 Å². The molecule has 1 aromatic carbocycles. The maximum Gasteiger partial charge on any atom is 0.253 e. The molecule has 0 saturated carbocycles. The summed E-state index contributed by atoms with van der Waals surface area (Å²) in [6.45, 7) is 5.58. The van der Waals surface area contributed by atoms with Gasteiger partial charge in [0.25, 0.3) is 11.8 Å². The van der Waals surface area contributed by atoms with Crippen molar-refractivity contribution in [3.63, 3.8) is 0 Å². The Kier molecular flexibility index (Phi) is 7.38. The number of amides is 3. The van der Waals surface area contributed by atoms with Gasteiger partial charge in [0.1, 0.15) is 5.82 Å². The number of aryl methyl sites for hydroxylation is 2. The second kappa shape index (κ2) is 10.7. The zero-order valence-corrected chi connectivity index (χ0v) is 22.5. The van der Waals surface area contributed by atoms with Crippen LogP contribution in [0.5, 0.6) is 0 Å². The highest BCUT2D eigenvalue weighted by Gasteiger charge is 2.42. The Hall–Kier alpha value is -3.46. The minimum atomic E-state index is -0.485. The number of benzene rings is 1. The van der Waals surface area contributed by atoms with Crippen LogP contribution in [0.2, 0.25) is 0 Å². The number of nitrogens with two attached hydrogens (primary N) is 1. The Morgan fingerprint density at radius 1 is 0.921 bits per heavy atom. The maximum atomic E-state index is 13.1. The van der Waals surface area contributed by atoms with Crippen LogP contribution >= 0.6 is 0 Å². The van der Waals surface area contributed by atoms with Crippen LogP contribution in [0.15, 0.2) is 30.5 Å². The van der Waals surface area contributed by atoms with E-state index in [1.54, 1.807) is 25.3 Å². The normalized spacial score (nSPS) is 25.2. The van der Waals surface area contributed by atoms with Gasteiger partial charge in [0.15, 0.2) is 0 Å². The first-order valence-electron chi connectivity index (χ1n) is 13.6. The molecule has 4 atom stereocenters. The summed E-state index contributed by atoms with van der Waals surface area (Å²) in [6.07, 6.45) is 7.60. The summed E-state index contributed by atoms with van der Waals surface area (Å²) < 4.78 is 0. The summed E-state index contributed by atoms with van der Waals surface area (Å²) >= 11 is 0. The first-order chi connectivity index (χ1) is 18.2. The number of piperidine rings is 2. The molecule has 3 aliphatic heterocycles. The minimum absolute atomic E-state index is 0.0665. The number of anilines is 1. The number of carbonyl (C=O) groups is 3. The van der Waals surface area contributed by atoms with Gasteiger partial charge in [0.05, 0.1) is 5.56 Å². The lowest BCUT2D eigenvalue weighted by atomic mass is 9.95. The molecule has 3 aliphatic rings. The Morgan fingerprint density at radius 3 is 2.21 bits per heavy atom. The number of aromatic nitrogens is 1. The van der Waals surface area contributed by atoms with E-state index in [0.29, 0.717) is 34.3 Å². The van der Waals surface area contributed by atoms with Gasteiger partial charge in [-0.2, -0.15) is 0 Å². The van der Waals surface area contributed by atoms with Crippen LogP contribution in [0.3, 0.4) is 0 Å². The van der Waals surface area contributed by atoms with Gasteiger partial charge in [0, 0.05) is 48.0 Å². The van der Waals surface area contributed by atoms with E-state index in [1.165, 1.54) is 0 Å². The van der Waals surface area contributed by atoms with Crippen LogP contribution < -0.4 is 21.3 Å². The van der Waals surface area contributed by atoms with Crippen LogP contribution in [-0.2, 0) is 0 Å². The second-order valence-electron chi connectivity index (χ2n) is 11.3. The predicted molar refractivity (Wildman–Crippen MR) is 146 cm³/mol. The van der Waals surface area contributed by atoms with E-state index in [4.69, 9.17) is 5.73 Å². The molecular weight excluding hydrogens is 480 g/mol. The van der Waals surface area contributed by atoms with Crippen molar-refractivity contribution in [2.45, 2.75) is 76.5 Å². The molecule has 9 heteroatoms. The molecule has 3 saturated heterocycles. The topological polar surface area (TPSA) is 121 Å². The molecule has 2 aromatic rings. The molecule has 0 spiro atoms. The van der Waals surface area contributed by atoms with Crippen molar-refractivity contribution in [3.05, 3.63) is 58.3 Å². The van der Waals surface area contributed by atoms with E-state index in [2.05, 4.69) is 32.5 Å². The number of rotatable bonds is 6. The lowest BCUT2D eigenvalue weighted by Crippen LogP contribution is -2.51. The third kappa shape index (κ3) is 5.38. The number of primary amides is 1. The minimum Gasteiger partial charge on any atom is -0.366 e. The van der Waals surface area contributed by atoms with Crippen LogP contribution in [0, 0.1) is 13.8 Å². The molecule has 202 valence electrons. The molecule has 4 N–H and O–H groups in total. The van der Waals surface area contributed by atoms with Gasteiger partial charge in [0.2, 0.25) is 5.91 Å². The SMILES string of the molecule is Cc1cc(C(=O)N[C@H]2C[C@H]3CC[C@@H](C2)N3c2ccc(C(=O)N[C@@H]3CCCN(C)C3)cn2)c(C)cc1C(N)=O. The van der Waals surface area contributed by atoms with Gasteiger partial charge >= 0.3 is 0 Å². The average molecular weight is 519 g/mol. The summed E-state index contributed by atoms with van der Waals surface area (Å²) in [5, 5.41) is 6.38. The average Bonchev–Trinajstić information content (AvgIpc) is 3.15. The largest absolute Gasteiger partial charge is 0.366 e. The summed E-state index contributed by atoms with van der Waals surface area (Å²) in [5.41, 5.74) is 8.52. The van der Waals surface area contributed by atoms with Crippen molar-refractivity contribution < 1.29 is 14.4 Å². The van der Waals surface area contributed by atoms with Gasteiger partial charge < -0.3 is 26.2 Å².